The summed E-state index contributed by atoms with van der Waals surface area (Å²) in [4.78, 5) is 29.3. The van der Waals surface area contributed by atoms with E-state index in [1.807, 2.05) is 0 Å². The van der Waals surface area contributed by atoms with E-state index in [4.69, 9.17) is 46.4 Å². The maximum absolute atomic E-state index is 11.8. The fourth-order valence-corrected chi connectivity index (χ4v) is 1.46. The van der Waals surface area contributed by atoms with E-state index in [1.165, 1.54) is 13.1 Å². The first-order valence-corrected chi connectivity index (χ1v) is 6.26. The fraction of sp³-hybridized carbons (Fsp3) is 0.444. The third-order valence-electron chi connectivity index (χ3n) is 2.09. The van der Waals surface area contributed by atoms with Crippen molar-refractivity contribution in [2.75, 3.05) is 13.6 Å². The van der Waals surface area contributed by atoms with Crippen molar-refractivity contribution in [2.24, 2.45) is 4.99 Å². The van der Waals surface area contributed by atoms with Crippen LogP contribution in [0.5, 0.6) is 0 Å². The molecular formula is C9H9Cl4N3O2. The Kier molecular flexibility index (Phi) is 4.89. The van der Waals surface area contributed by atoms with E-state index in [1.54, 1.807) is 0 Å². The molecule has 0 aliphatic carbocycles. The number of rotatable bonds is 3. The van der Waals surface area contributed by atoms with Gasteiger partial charge < -0.3 is 0 Å². The molecule has 1 unspecified atom stereocenters. The predicted molar refractivity (Wildman–Crippen MR) is 72.4 cm³/mol. The van der Waals surface area contributed by atoms with Crippen LogP contribution in [0.1, 0.15) is 0 Å². The molecule has 1 aliphatic rings. The molecule has 1 fully saturated rings. The third-order valence-corrected chi connectivity index (χ3v) is 3.47. The summed E-state index contributed by atoms with van der Waals surface area (Å²) < 4.78 is -1.88. The fourth-order valence-electron chi connectivity index (χ4n) is 1.22. The van der Waals surface area contributed by atoms with Crippen LogP contribution in [0.4, 0.5) is 4.79 Å². The molecule has 100 valence electrons. The van der Waals surface area contributed by atoms with Gasteiger partial charge in [0, 0.05) is 13.6 Å². The smallest absolute Gasteiger partial charge is 0.270 e. The average Bonchev–Trinajstić information content (AvgIpc) is 2.45. The molecule has 0 bridgehead atoms. The van der Waals surface area contributed by atoms with Crippen molar-refractivity contribution in [3.63, 3.8) is 0 Å². The first kappa shape index (κ1) is 15.6. The SMILES string of the molecule is C=CCN1C(=O)N(C)C(=O)/C1=N\C(Cl)C(Cl)(Cl)Cl. The number of hydrogen-bond donors (Lipinski definition) is 0. The Hall–Kier alpha value is -0.490. The maximum Gasteiger partial charge on any atom is 0.332 e. The van der Waals surface area contributed by atoms with Crippen LogP contribution in [0.2, 0.25) is 0 Å². The van der Waals surface area contributed by atoms with Gasteiger partial charge in [-0.05, 0) is 0 Å². The highest BCUT2D eigenvalue weighted by molar-refractivity contribution is 6.70. The Balaban J connectivity index is 3.11. The zero-order chi connectivity index (χ0) is 14.1. The lowest BCUT2D eigenvalue weighted by Crippen LogP contribution is -2.33. The number of carbonyl (C=O) groups excluding carboxylic acids is 2. The zero-order valence-electron chi connectivity index (χ0n) is 9.24. The molecule has 3 amide bonds. The Morgan fingerprint density at radius 1 is 1.44 bits per heavy atom. The summed E-state index contributed by atoms with van der Waals surface area (Å²) in [5, 5.41) is 0. The van der Waals surface area contributed by atoms with Crippen molar-refractivity contribution in [3.05, 3.63) is 12.7 Å². The molecule has 0 aromatic heterocycles. The van der Waals surface area contributed by atoms with E-state index in [9.17, 15) is 9.59 Å². The number of likely N-dealkylation sites (N-methyl/N-ethyl adjacent to an activating group) is 1. The molecule has 0 radical (unpaired) electrons. The van der Waals surface area contributed by atoms with Gasteiger partial charge in [-0.1, -0.05) is 52.5 Å². The third kappa shape index (κ3) is 3.09. The number of nitrogens with zero attached hydrogens (tertiary/aromatic N) is 3. The second-order valence-electron chi connectivity index (χ2n) is 3.38. The minimum Gasteiger partial charge on any atom is -0.270 e. The van der Waals surface area contributed by atoms with Crippen molar-refractivity contribution >= 4 is 64.2 Å². The van der Waals surface area contributed by atoms with Crippen molar-refractivity contribution in [1.82, 2.24) is 9.80 Å². The summed E-state index contributed by atoms with van der Waals surface area (Å²) in [5.41, 5.74) is -1.28. The lowest BCUT2D eigenvalue weighted by atomic mass is 10.4. The Morgan fingerprint density at radius 3 is 2.44 bits per heavy atom. The number of amides is 3. The van der Waals surface area contributed by atoms with Gasteiger partial charge in [-0.15, -0.1) is 6.58 Å². The standard InChI is InChI=1S/C9H9Cl4N3O2/c1-3-4-16-5(6(17)15(2)8(16)18)14-7(10)9(11,12)13/h3,7H,1,4H2,2H3/b14-5+. The van der Waals surface area contributed by atoms with E-state index in [2.05, 4.69) is 11.6 Å². The number of halogens is 4. The van der Waals surface area contributed by atoms with E-state index in [0.29, 0.717) is 0 Å². The maximum atomic E-state index is 11.8. The van der Waals surface area contributed by atoms with Gasteiger partial charge in [-0.3, -0.25) is 14.6 Å². The van der Waals surface area contributed by atoms with Gasteiger partial charge in [0.1, 0.15) is 0 Å². The Bertz CT molecular complexity index is 419. The quantitative estimate of drug-likeness (QED) is 0.345. The van der Waals surface area contributed by atoms with Crippen LogP contribution < -0.4 is 0 Å². The largest absolute Gasteiger partial charge is 0.332 e. The van der Waals surface area contributed by atoms with Crippen molar-refractivity contribution in [3.8, 4) is 0 Å². The van der Waals surface area contributed by atoms with E-state index in [0.717, 1.165) is 9.80 Å². The molecule has 18 heavy (non-hydrogen) atoms. The monoisotopic (exact) mass is 331 g/mol. The molecule has 1 atom stereocenters. The molecule has 1 aliphatic heterocycles. The zero-order valence-corrected chi connectivity index (χ0v) is 12.3. The molecule has 0 N–H and O–H groups in total. The van der Waals surface area contributed by atoms with Crippen molar-refractivity contribution < 1.29 is 9.59 Å². The molecule has 5 nitrogen and oxygen atoms in total. The minimum absolute atomic E-state index is 0.108. The van der Waals surface area contributed by atoms with E-state index >= 15 is 0 Å². The lowest BCUT2D eigenvalue weighted by molar-refractivity contribution is -0.119. The van der Waals surface area contributed by atoms with E-state index in [-0.39, 0.29) is 12.4 Å². The first-order chi connectivity index (χ1) is 8.20. The highest BCUT2D eigenvalue weighted by Gasteiger charge is 2.41. The molecule has 1 heterocycles. The van der Waals surface area contributed by atoms with E-state index < -0.39 is 21.2 Å². The van der Waals surface area contributed by atoms with Crippen LogP contribution in [0.3, 0.4) is 0 Å². The molecular weight excluding hydrogens is 324 g/mol. The first-order valence-electron chi connectivity index (χ1n) is 4.69. The average molecular weight is 333 g/mol. The van der Waals surface area contributed by atoms with Crippen LogP contribution in [-0.2, 0) is 4.79 Å². The van der Waals surface area contributed by atoms with Gasteiger partial charge in [0.2, 0.25) is 9.63 Å². The second kappa shape index (κ2) is 5.65. The molecule has 0 saturated carbocycles. The second-order valence-corrected chi connectivity index (χ2v) is 6.16. The molecule has 1 rings (SSSR count). The lowest BCUT2D eigenvalue weighted by Gasteiger charge is -2.17. The summed E-state index contributed by atoms with van der Waals surface area (Å²) in [6, 6.07) is -0.535. The van der Waals surface area contributed by atoms with Gasteiger partial charge in [0.25, 0.3) is 5.91 Å². The van der Waals surface area contributed by atoms with Gasteiger partial charge in [-0.2, -0.15) is 0 Å². The van der Waals surface area contributed by atoms with Crippen LogP contribution >= 0.6 is 46.4 Å². The number of urea groups is 1. The van der Waals surface area contributed by atoms with Gasteiger partial charge in [-0.25, -0.2) is 9.79 Å². The van der Waals surface area contributed by atoms with Crippen molar-refractivity contribution in [1.29, 1.82) is 0 Å². The number of carbonyl (C=O) groups is 2. The Morgan fingerprint density at radius 2 is 2.00 bits per heavy atom. The topological polar surface area (TPSA) is 53.0 Å². The summed E-state index contributed by atoms with van der Waals surface area (Å²) in [5.74, 6) is -0.782. The van der Waals surface area contributed by atoms with Crippen LogP contribution in [0, 0.1) is 0 Å². The van der Waals surface area contributed by atoms with Gasteiger partial charge in [0.05, 0.1) is 0 Å². The summed E-state index contributed by atoms with van der Waals surface area (Å²) in [6.07, 6.45) is 1.44. The number of aliphatic imine (C=N–C) groups is 1. The predicted octanol–water partition coefficient (Wildman–Crippen LogP) is 2.40. The number of alkyl halides is 4. The van der Waals surface area contributed by atoms with Gasteiger partial charge >= 0.3 is 6.03 Å². The Labute approximate surface area is 124 Å². The number of amidine groups is 1. The molecule has 0 aromatic carbocycles. The van der Waals surface area contributed by atoms with Crippen LogP contribution in [-0.4, -0.2) is 50.5 Å². The number of imide groups is 1. The molecule has 0 spiro atoms. The summed E-state index contributed by atoms with van der Waals surface area (Å²) >= 11 is 22.4. The van der Waals surface area contributed by atoms with Crippen LogP contribution in [0.25, 0.3) is 0 Å². The molecule has 0 aromatic rings. The molecule has 1 saturated heterocycles. The number of hydrogen-bond acceptors (Lipinski definition) is 3. The highest BCUT2D eigenvalue weighted by atomic mass is 35.6. The highest BCUT2D eigenvalue weighted by Crippen LogP contribution is 2.35. The van der Waals surface area contributed by atoms with Gasteiger partial charge in [0.15, 0.2) is 5.50 Å². The molecule has 9 heteroatoms. The van der Waals surface area contributed by atoms with Crippen LogP contribution in [0.15, 0.2) is 17.6 Å². The normalized spacial score (nSPS) is 20.8. The minimum atomic E-state index is -1.88. The summed E-state index contributed by atoms with van der Waals surface area (Å²) in [6.45, 7) is 3.59. The summed E-state index contributed by atoms with van der Waals surface area (Å²) in [7, 11) is 1.32. The van der Waals surface area contributed by atoms with Crippen molar-refractivity contribution in [2.45, 2.75) is 9.29 Å².